The highest BCUT2D eigenvalue weighted by Crippen LogP contribution is 2.51. The largest absolute Gasteiger partial charge is 0.296 e. The molecular formula is C44H34N2. The van der Waals surface area contributed by atoms with Crippen LogP contribution in [0.2, 0.25) is 0 Å². The summed E-state index contributed by atoms with van der Waals surface area (Å²) >= 11 is 0. The predicted octanol–water partition coefficient (Wildman–Crippen LogP) is 11.5. The lowest BCUT2D eigenvalue weighted by molar-refractivity contribution is 0.660. The number of benzene rings is 7. The Kier molecular flexibility index (Phi) is 3.89. The number of para-hydroxylation sites is 2. The summed E-state index contributed by atoms with van der Waals surface area (Å²) in [6, 6.07) is 42.9. The SMILES string of the molecule is [2H]C([2H])([2H])C([2H])([2H])c1nc2ccccc2n1-c1ccc(-c2c3ccccc3c(-c3ccc4c(c3)C(C([2H])([2H])[2H])(C([2H])([2H])[2H])c3ccccc3-4)c3ccccc23)cc1. The van der Waals surface area contributed by atoms with Crippen LogP contribution < -0.4 is 0 Å². The summed E-state index contributed by atoms with van der Waals surface area (Å²) in [7, 11) is 0. The van der Waals surface area contributed by atoms with Crippen molar-refractivity contribution in [3.8, 4) is 39.1 Å². The predicted molar refractivity (Wildman–Crippen MR) is 194 cm³/mol. The van der Waals surface area contributed by atoms with E-state index in [1.807, 2.05) is 84.9 Å². The second-order valence-electron chi connectivity index (χ2n) is 11.8. The zero-order valence-electron chi connectivity index (χ0n) is 35.7. The number of aromatic nitrogens is 2. The van der Waals surface area contributed by atoms with Gasteiger partial charge in [0, 0.05) is 32.6 Å². The third kappa shape index (κ3) is 3.80. The van der Waals surface area contributed by atoms with Crippen LogP contribution in [-0.4, -0.2) is 9.55 Å². The molecule has 1 aromatic heterocycles. The van der Waals surface area contributed by atoms with Gasteiger partial charge < -0.3 is 0 Å². The van der Waals surface area contributed by atoms with E-state index in [9.17, 15) is 0 Å². The average molecular weight is 602 g/mol. The lowest BCUT2D eigenvalue weighted by atomic mass is 9.80. The Bertz CT molecular complexity index is 2830. The number of hydrogen-bond acceptors (Lipinski definition) is 1. The number of nitrogens with zero attached hydrogens (tertiary/aromatic N) is 2. The average Bonchev–Trinajstić information content (AvgIpc) is 3.71. The molecule has 7 aromatic carbocycles. The third-order valence-corrected chi connectivity index (χ3v) is 9.35. The van der Waals surface area contributed by atoms with Crippen molar-refractivity contribution in [2.75, 3.05) is 0 Å². The Morgan fingerprint density at radius 1 is 0.609 bits per heavy atom. The number of fused-ring (bicyclic) bond motifs is 6. The van der Waals surface area contributed by atoms with Crippen LogP contribution in [0.3, 0.4) is 0 Å². The van der Waals surface area contributed by atoms with Crippen molar-refractivity contribution in [1.82, 2.24) is 9.55 Å². The van der Waals surface area contributed by atoms with Crippen molar-refractivity contribution >= 4 is 32.6 Å². The molecule has 0 fully saturated rings. The van der Waals surface area contributed by atoms with Gasteiger partial charge in [-0.25, -0.2) is 4.98 Å². The molecule has 0 aliphatic heterocycles. The van der Waals surface area contributed by atoms with E-state index >= 15 is 0 Å². The van der Waals surface area contributed by atoms with Gasteiger partial charge in [-0.05, 0) is 96.4 Å². The molecule has 9 rings (SSSR count). The van der Waals surface area contributed by atoms with E-state index in [0.717, 1.165) is 38.2 Å². The minimum absolute atomic E-state index is 0.213. The quantitative estimate of drug-likeness (QED) is 0.184. The fraction of sp³-hybridized carbons (Fsp3) is 0.114. The van der Waals surface area contributed by atoms with Gasteiger partial charge in [-0.15, -0.1) is 0 Å². The number of rotatable bonds is 4. The summed E-state index contributed by atoms with van der Waals surface area (Å²) in [6.07, 6.45) is -2.74. The minimum Gasteiger partial charge on any atom is -0.296 e. The van der Waals surface area contributed by atoms with Crippen molar-refractivity contribution in [3.63, 3.8) is 0 Å². The molecule has 0 amide bonds. The van der Waals surface area contributed by atoms with Gasteiger partial charge in [0.15, 0.2) is 0 Å². The van der Waals surface area contributed by atoms with Crippen molar-refractivity contribution in [3.05, 3.63) is 156 Å². The van der Waals surface area contributed by atoms with Crippen LogP contribution in [0, 0.1) is 0 Å². The first-order chi connectivity index (χ1) is 27.0. The molecule has 2 nitrogen and oxygen atoms in total. The molecule has 1 heterocycles. The molecule has 0 saturated heterocycles. The first-order valence-corrected chi connectivity index (χ1v) is 15.2. The second-order valence-corrected chi connectivity index (χ2v) is 11.8. The highest BCUT2D eigenvalue weighted by Gasteiger charge is 2.35. The molecule has 1 aliphatic rings. The lowest BCUT2D eigenvalue weighted by Gasteiger charge is -2.23. The Balaban J connectivity index is 1.26. The van der Waals surface area contributed by atoms with E-state index in [4.69, 9.17) is 15.1 Å². The van der Waals surface area contributed by atoms with Crippen LogP contribution in [0.4, 0.5) is 0 Å². The molecule has 0 N–H and O–H groups in total. The van der Waals surface area contributed by atoms with Crippen LogP contribution in [-0.2, 0) is 11.8 Å². The van der Waals surface area contributed by atoms with Gasteiger partial charge in [0.25, 0.3) is 0 Å². The van der Waals surface area contributed by atoms with Crippen LogP contribution in [0.15, 0.2) is 140 Å². The zero-order valence-corrected chi connectivity index (χ0v) is 24.7. The minimum atomic E-state index is -2.96. The van der Waals surface area contributed by atoms with Gasteiger partial charge in [0.2, 0.25) is 0 Å². The van der Waals surface area contributed by atoms with Gasteiger partial charge >= 0.3 is 0 Å². The summed E-state index contributed by atoms with van der Waals surface area (Å²) in [4.78, 5) is 4.46. The Labute approximate surface area is 285 Å². The lowest BCUT2D eigenvalue weighted by Crippen LogP contribution is -2.14. The maximum absolute atomic E-state index is 8.75. The normalized spacial score (nSPS) is 18.0. The van der Waals surface area contributed by atoms with Crippen molar-refractivity contribution in [2.45, 2.75) is 32.3 Å². The highest BCUT2D eigenvalue weighted by atomic mass is 15.1. The molecule has 0 bridgehead atoms. The molecule has 0 atom stereocenters. The maximum Gasteiger partial charge on any atom is 0.114 e. The summed E-state index contributed by atoms with van der Waals surface area (Å²) in [5.41, 5.74) is 4.40. The first kappa shape index (κ1) is 17.9. The van der Waals surface area contributed by atoms with Gasteiger partial charge in [0.1, 0.15) is 5.82 Å². The molecule has 220 valence electrons. The van der Waals surface area contributed by atoms with Gasteiger partial charge in [-0.1, -0.05) is 130 Å². The number of imidazole rings is 1. The van der Waals surface area contributed by atoms with E-state index in [1.165, 1.54) is 0 Å². The fourth-order valence-electron chi connectivity index (χ4n) is 7.33. The zero-order chi connectivity index (χ0) is 40.3. The molecule has 0 spiro atoms. The molecule has 2 heteroatoms. The summed E-state index contributed by atoms with van der Waals surface area (Å²) < 4.78 is 95.2. The van der Waals surface area contributed by atoms with Crippen LogP contribution >= 0.6 is 0 Å². The Morgan fingerprint density at radius 3 is 1.89 bits per heavy atom. The third-order valence-electron chi connectivity index (χ3n) is 9.35. The highest BCUT2D eigenvalue weighted by molar-refractivity contribution is 6.21. The standard InChI is InChI=1S/C44H34N2/c1-4-41-45-39-19-11-12-20-40(39)46(41)30-24-21-28(22-25-30)42-33-14-5-7-16-35(33)43(36-17-8-6-15-34(36)42)29-23-26-32-31-13-9-10-18-37(31)44(2,3)38(32)27-29/h5-27H,4H2,1-3H3/i1D3,2D3,3D3,4D2. The van der Waals surface area contributed by atoms with Crippen molar-refractivity contribution < 1.29 is 15.1 Å². The topological polar surface area (TPSA) is 17.8 Å². The first-order valence-electron chi connectivity index (χ1n) is 20.7. The summed E-state index contributed by atoms with van der Waals surface area (Å²) in [6.45, 7) is -8.75. The molecule has 0 radical (unpaired) electrons. The van der Waals surface area contributed by atoms with Gasteiger partial charge in [0.05, 0.1) is 11.0 Å². The summed E-state index contributed by atoms with van der Waals surface area (Å²) in [5.74, 6) is -0.213. The van der Waals surface area contributed by atoms with Crippen molar-refractivity contribution in [1.29, 1.82) is 0 Å². The van der Waals surface area contributed by atoms with Gasteiger partial charge in [-0.2, -0.15) is 0 Å². The molecule has 46 heavy (non-hydrogen) atoms. The van der Waals surface area contributed by atoms with Crippen LogP contribution in [0.1, 0.15) is 52.6 Å². The summed E-state index contributed by atoms with van der Waals surface area (Å²) in [5, 5.41) is 3.59. The number of hydrogen-bond donors (Lipinski definition) is 0. The Morgan fingerprint density at radius 2 is 1.20 bits per heavy atom. The second kappa shape index (κ2) is 10.0. The van der Waals surface area contributed by atoms with E-state index in [1.54, 1.807) is 59.2 Å². The Hall–Kier alpha value is -5.47. The van der Waals surface area contributed by atoms with Gasteiger partial charge in [-0.3, -0.25) is 4.57 Å². The van der Waals surface area contributed by atoms with E-state index < -0.39 is 32.3 Å². The van der Waals surface area contributed by atoms with E-state index in [-0.39, 0.29) is 17.0 Å². The van der Waals surface area contributed by atoms with Crippen molar-refractivity contribution in [2.24, 2.45) is 0 Å². The smallest absolute Gasteiger partial charge is 0.114 e. The number of aryl methyl sites for hydroxylation is 1. The molecule has 1 aliphatic carbocycles. The van der Waals surface area contributed by atoms with E-state index in [0.29, 0.717) is 33.4 Å². The molecule has 0 unspecified atom stereocenters. The van der Waals surface area contributed by atoms with Crippen LogP contribution in [0.25, 0.3) is 71.6 Å². The fourth-order valence-corrected chi connectivity index (χ4v) is 7.33. The molecule has 8 aromatic rings. The maximum atomic E-state index is 8.75. The monoisotopic (exact) mass is 601 g/mol. The van der Waals surface area contributed by atoms with Crippen LogP contribution in [0.5, 0.6) is 0 Å². The molecule has 0 saturated carbocycles. The van der Waals surface area contributed by atoms with E-state index in [2.05, 4.69) is 4.98 Å². The molecular weight excluding hydrogens is 556 g/mol.